The Hall–Kier alpha value is -5.09. The van der Waals surface area contributed by atoms with E-state index in [-0.39, 0.29) is 42.5 Å². The average molecular weight is 830 g/mol. The summed E-state index contributed by atoms with van der Waals surface area (Å²) in [5, 5.41) is 19.9. The minimum Gasteiger partial charge on any atom is -0.486 e. The first-order valence-electron chi connectivity index (χ1n) is 21.0. The number of aliphatic hydroxyl groups is 1. The molecule has 2 aromatic carbocycles. The number of unbranched alkanes of at least 4 members (excludes halogenated alkanes) is 1. The largest absolute Gasteiger partial charge is 0.486 e. The second-order valence-corrected chi connectivity index (χ2v) is 16.8. The van der Waals surface area contributed by atoms with Gasteiger partial charge in [-0.2, -0.15) is 0 Å². The Bertz CT molecular complexity index is 1950. The van der Waals surface area contributed by atoms with E-state index in [0.717, 1.165) is 17.6 Å². The maximum Gasteiger partial charge on any atom is 0.411 e. The molecule has 15 nitrogen and oxygen atoms in total. The average Bonchev–Trinajstić information content (AvgIpc) is 3.69. The summed E-state index contributed by atoms with van der Waals surface area (Å²) in [6, 6.07) is 12.9. The third-order valence-electron chi connectivity index (χ3n) is 12.9. The molecule has 0 aromatic heterocycles. The number of anilines is 2. The molecule has 4 aliphatic rings. The number of urea groups is 1. The molecule has 60 heavy (non-hydrogen) atoms. The van der Waals surface area contributed by atoms with Crippen molar-refractivity contribution in [3.8, 4) is 5.75 Å². The van der Waals surface area contributed by atoms with Gasteiger partial charge in [-0.3, -0.25) is 19.7 Å². The summed E-state index contributed by atoms with van der Waals surface area (Å²) in [5.74, 6) is -0.242. The van der Waals surface area contributed by atoms with E-state index >= 15 is 0 Å². The van der Waals surface area contributed by atoms with Crippen molar-refractivity contribution in [1.82, 2.24) is 5.32 Å². The van der Waals surface area contributed by atoms with Gasteiger partial charge in [-0.25, -0.2) is 9.59 Å². The highest BCUT2D eigenvalue weighted by Gasteiger charge is 2.73. The number of hydrogen-bond donors (Lipinski definition) is 6. The SMILES string of the molecule is CCCC1OC2CC3CC(C4(C)C=CC(=O)C=C4CCN)C(O)CC3(C)C2(C(=O)COc2ccc(NC(=O)OCc3ccc(NC(=O)CCCCNC(N)=O)cc3)cc2)O1. The zero-order valence-electron chi connectivity index (χ0n) is 34.7. The molecule has 2 saturated carbocycles. The Morgan fingerprint density at radius 3 is 2.40 bits per heavy atom. The molecule has 0 bridgehead atoms. The number of aliphatic hydroxyl groups excluding tert-OH is 1. The van der Waals surface area contributed by atoms with Crippen molar-refractivity contribution in [3.05, 3.63) is 77.9 Å². The number of hydrogen-bond acceptors (Lipinski definition) is 11. The van der Waals surface area contributed by atoms with Gasteiger partial charge in [-0.15, -0.1) is 0 Å². The molecule has 1 heterocycles. The summed E-state index contributed by atoms with van der Waals surface area (Å²) in [7, 11) is 0. The molecule has 2 aromatic rings. The minimum atomic E-state index is -1.31. The van der Waals surface area contributed by atoms with Gasteiger partial charge in [0.15, 0.2) is 17.7 Å². The number of primary amides is 1. The predicted octanol–water partition coefficient (Wildman–Crippen LogP) is 5.66. The van der Waals surface area contributed by atoms with Crippen LogP contribution in [0.5, 0.6) is 5.75 Å². The van der Waals surface area contributed by atoms with E-state index in [1.807, 2.05) is 19.9 Å². The van der Waals surface area contributed by atoms with Gasteiger partial charge in [0.2, 0.25) is 11.7 Å². The van der Waals surface area contributed by atoms with E-state index in [1.54, 1.807) is 60.7 Å². The van der Waals surface area contributed by atoms with Gasteiger partial charge < -0.3 is 46.2 Å². The lowest BCUT2D eigenvalue weighted by Crippen LogP contribution is -2.61. The van der Waals surface area contributed by atoms with Gasteiger partial charge in [0.25, 0.3) is 0 Å². The Kier molecular flexibility index (Phi) is 14.1. The molecular weight excluding hydrogens is 771 g/mol. The maximum absolute atomic E-state index is 14.5. The Morgan fingerprint density at radius 2 is 1.70 bits per heavy atom. The number of amides is 4. The molecular formula is C45H59N5O10. The number of rotatable bonds is 18. The Labute approximate surface area is 351 Å². The number of carbonyl (C=O) groups is 5. The number of Topliss-reactive ketones (excluding diaryl/α,β-unsaturated/α-hetero) is 1. The van der Waals surface area contributed by atoms with Crippen LogP contribution in [0.2, 0.25) is 0 Å². The first-order chi connectivity index (χ1) is 28.7. The first-order valence-corrected chi connectivity index (χ1v) is 21.0. The van der Waals surface area contributed by atoms with E-state index in [1.165, 1.54) is 0 Å². The van der Waals surface area contributed by atoms with Gasteiger partial charge >= 0.3 is 12.1 Å². The van der Waals surface area contributed by atoms with Crippen molar-refractivity contribution in [2.45, 2.75) is 109 Å². The zero-order chi connectivity index (χ0) is 43.1. The molecule has 15 heteroatoms. The number of carbonyl (C=O) groups excluding carboxylic acids is 5. The van der Waals surface area contributed by atoms with Gasteiger partial charge in [0.1, 0.15) is 19.0 Å². The molecule has 1 saturated heterocycles. The number of fused-ring (bicyclic) bond motifs is 3. The molecule has 8 unspecified atom stereocenters. The Balaban J connectivity index is 1.02. The minimum absolute atomic E-state index is 0.00271. The number of benzene rings is 2. The van der Waals surface area contributed by atoms with Crippen LogP contribution >= 0.6 is 0 Å². The van der Waals surface area contributed by atoms with E-state index in [4.69, 9.17) is 30.4 Å². The van der Waals surface area contributed by atoms with Crippen molar-refractivity contribution < 1.29 is 48.0 Å². The van der Waals surface area contributed by atoms with Crippen molar-refractivity contribution in [3.63, 3.8) is 0 Å². The van der Waals surface area contributed by atoms with Crippen LogP contribution in [-0.2, 0) is 35.2 Å². The van der Waals surface area contributed by atoms with Crippen LogP contribution in [0.3, 0.4) is 0 Å². The molecule has 3 fully saturated rings. The standard InChI is InChI=1S/C45H59N5O10/c1-4-7-40-59-38-24-30-23-35(43(2)19-17-33(51)22-29(43)18-20-46)36(52)25-44(30,3)45(38,60-40)37(53)27-57-34-15-13-32(14-16-34)50-42(56)58-26-28-9-11-31(12-10-28)49-39(54)8-5-6-21-48-41(47)55/h9-17,19,22,30,35-36,38,40,52H,4-8,18,20-21,23-27,46H2,1-3H3,(H,49,54)(H,50,56)(H3,47,48,55). The molecule has 4 amide bonds. The van der Waals surface area contributed by atoms with Crippen molar-refractivity contribution in [2.75, 3.05) is 30.3 Å². The van der Waals surface area contributed by atoms with Gasteiger partial charge in [0.05, 0.1) is 12.2 Å². The summed E-state index contributed by atoms with van der Waals surface area (Å²) in [6.07, 6.45) is 7.74. The van der Waals surface area contributed by atoms with Crippen LogP contribution in [0.15, 0.2) is 72.3 Å². The molecule has 8 N–H and O–H groups in total. The van der Waals surface area contributed by atoms with Crippen LogP contribution in [-0.4, -0.2) is 78.5 Å². The molecule has 8 atom stereocenters. The molecule has 0 radical (unpaired) electrons. The lowest BCUT2D eigenvalue weighted by molar-refractivity contribution is -0.187. The van der Waals surface area contributed by atoms with E-state index in [2.05, 4.69) is 22.9 Å². The Morgan fingerprint density at radius 1 is 0.983 bits per heavy atom. The van der Waals surface area contributed by atoms with Crippen molar-refractivity contribution in [2.24, 2.45) is 34.1 Å². The number of ether oxygens (including phenoxy) is 4. The molecule has 0 spiro atoms. The summed E-state index contributed by atoms with van der Waals surface area (Å²) in [4.78, 5) is 62.4. The molecule has 1 aliphatic heterocycles. The van der Waals surface area contributed by atoms with Gasteiger partial charge in [-0.05, 0) is 117 Å². The highest BCUT2D eigenvalue weighted by molar-refractivity contribution is 6.01. The monoisotopic (exact) mass is 829 g/mol. The number of nitrogens with two attached hydrogens (primary N) is 2. The van der Waals surface area contributed by atoms with E-state index < -0.39 is 47.1 Å². The highest BCUT2D eigenvalue weighted by atomic mass is 16.7. The van der Waals surface area contributed by atoms with Crippen LogP contribution in [0.1, 0.15) is 84.1 Å². The number of ketones is 2. The third-order valence-corrected chi connectivity index (χ3v) is 12.9. The van der Waals surface area contributed by atoms with Crippen LogP contribution in [0.4, 0.5) is 21.0 Å². The van der Waals surface area contributed by atoms with Gasteiger partial charge in [0, 0.05) is 35.2 Å². The maximum atomic E-state index is 14.5. The molecule has 6 rings (SSSR count). The predicted molar refractivity (Wildman–Crippen MR) is 224 cm³/mol. The van der Waals surface area contributed by atoms with Crippen molar-refractivity contribution in [1.29, 1.82) is 0 Å². The fourth-order valence-electron chi connectivity index (χ4n) is 9.74. The molecule has 324 valence electrons. The summed E-state index contributed by atoms with van der Waals surface area (Å²) in [6.45, 7) is 6.68. The van der Waals surface area contributed by atoms with E-state index in [9.17, 15) is 29.1 Å². The summed E-state index contributed by atoms with van der Waals surface area (Å²) in [5.41, 5.74) is 11.1. The quantitative estimate of drug-likeness (QED) is 0.100. The fourth-order valence-corrected chi connectivity index (χ4v) is 9.74. The lowest BCUT2D eigenvalue weighted by atomic mass is 9.53. The van der Waals surface area contributed by atoms with Crippen LogP contribution in [0.25, 0.3) is 0 Å². The zero-order valence-corrected chi connectivity index (χ0v) is 34.7. The molecule has 3 aliphatic carbocycles. The first kappa shape index (κ1) is 44.5. The second kappa shape index (κ2) is 19.1. The topological polar surface area (TPSA) is 231 Å². The van der Waals surface area contributed by atoms with Crippen LogP contribution < -0.4 is 32.2 Å². The third kappa shape index (κ3) is 9.59. The lowest BCUT2D eigenvalue weighted by Gasteiger charge is -2.53. The smallest absolute Gasteiger partial charge is 0.411 e. The van der Waals surface area contributed by atoms with E-state index in [0.29, 0.717) is 81.6 Å². The van der Waals surface area contributed by atoms with Crippen LogP contribution in [0, 0.1) is 22.7 Å². The number of nitrogens with one attached hydrogen (secondary N) is 3. The fraction of sp³-hybridized carbons (Fsp3) is 0.533. The number of allylic oxidation sites excluding steroid dienone is 3. The highest BCUT2D eigenvalue weighted by Crippen LogP contribution is 2.66. The van der Waals surface area contributed by atoms with Crippen molar-refractivity contribution >= 4 is 41.0 Å². The normalized spacial score (nSPS) is 29.2. The summed E-state index contributed by atoms with van der Waals surface area (Å²) < 4.78 is 24.6. The van der Waals surface area contributed by atoms with Gasteiger partial charge in [-0.1, -0.05) is 51.0 Å². The second-order valence-electron chi connectivity index (χ2n) is 16.8. The summed E-state index contributed by atoms with van der Waals surface area (Å²) >= 11 is 0.